The molecule has 1 heterocycles. The Bertz CT molecular complexity index is 1030. The van der Waals surface area contributed by atoms with E-state index in [-0.39, 0.29) is 11.3 Å². The topological polar surface area (TPSA) is 50.9 Å². The Morgan fingerprint density at radius 1 is 1.07 bits per heavy atom. The monoisotopic (exact) mass is 423 g/mol. The summed E-state index contributed by atoms with van der Waals surface area (Å²) in [6.07, 6.45) is -4.16. The van der Waals surface area contributed by atoms with E-state index in [9.17, 15) is 27.1 Å². The maximum Gasteiger partial charge on any atom is 0.423 e. The van der Waals surface area contributed by atoms with Crippen LogP contribution in [0.3, 0.4) is 0 Å². The van der Waals surface area contributed by atoms with Crippen LogP contribution >= 0.6 is 0 Å². The van der Waals surface area contributed by atoms with E-state index >= 15 is 0 Å². The van der Waals surface area contributed by atoms with Crippen molar-refractivity contribution in [2.75, 3.05) is 0 Å². The molecule has 0 saturated heterocycles. The molecule has 2 aromatic carbocycles. The van der Waals surface area contributed by atoms with E-state index in [4.69, 9.17) is 0 Å². The number of benzene rings is 2. The van der Waals surface area contributed by atoms with Crippen LogP contribution in [0.15, 0.2) is 61.2 Å². The zero-order valence-electron chi connectivity index (χ0n) is 15.9. The Balaban J connectivity index is 2.27. The van der Waals surface area contributed by atoms with Gasteiger partial charge in [0.15, 0.2) is 0 Å². The average molecular weight is 423 g/mol. The first kappa shape index (κ1) is 21.6. The number of aliphatic hydroxyl groups is 1. The molecule has 0 amide bonds. The quantitative estimate of drug-likeness (QED) is 0.456. The highest BCUT2D eigenvalue weighted by atomic mass is 19.4. The highest BCUT2D eigenvalue weighted by Crippen LogP contribution is 2.47. The molecule has 3 rings (SSSR count). The van der Waals surface area contributed by atoms with Gasteiger partial charge < -0.3 is 5.11 Å². The molecule has 30 heavy (non-hydrogen) atoms. The zero-order chi connectivity index (χ0) is 22.1. The van der Waals surface area contributed by atoms with Crippen LogP contribution in [0, 0.1) is 17.6 Å². The van der Waals surface area contributed by atoms with E-state index in [2.05, 4.69) is 16.9 Å². The summed E-state index contributed by atoms with van der Waals surface area (Å²) in [5, 5.41) is 18.1. The minimum atomic E-state index is -5.12. The first-order valence-electron chi connectivity index (χ1n) is 8.95. The van der Waals surface area contributed by atoms with Crippen molar-refractivity contribution in [1.29, 1.82) is 0 Å². The van der Waals surface area contributed by atoms with Gasteiger partial charge in [-0.1, -0.05) is 54.6 Å². The van der Waals surface area contributed by atoms with Gasteiger partial charge in [0.25, 0.3) is 0 Å². The standard InChI is InChI=1S/C21H18F5N3O/c1-3-13(2)20(30,21(24,25)26)19-18(14-8-5-4-6-9-14)29(28-27-19)12-15-16(22)10-7-11-17(15)23/h3-11,13,30H,1,12H2,2H3. The molecule has 0 fully saturated rings. The number of alkyl halides is 3. The van der Waals surface area contributed by atoms with Gasteiger partial charge in [0.1, 0.15) is 17.3 Å². The summed E-state index contributed by atoms with van der Waals surface area (Å²) >= 11 is 0. The van der Waals surface area contributed by atoms with Crippen LogP contribution in [-0.2, 0) is 12.1 Å². The molecule has 158 valence electrons. The lowest BCUT2D eigenvalue weighted by atomic mass is 9.83. The summed E-state index contributed by atoms with van der Waals surface area (Å²) < 4.78 is 71.2. The molecule has 0 bridgehead atoms. The predicted octanol–water partition coefficient (Wildman–Crippen LogP) is 4.84. The second-order valence-corrected chi connectivity index (χ2v) is 6.80. The van der Waals surface area contributed by atoms with Gasteiger partial charge in [-0.05, 0) is 12.1 Å². The van der Waals surface area contributed by atoms with Crippen LogP contribution in [0.2, 0.25) is 0 Å². The van der Waals surface area contributed by atoms with E-state index in [0.29, 0.717) is 0 Å². The summed E-state index contributed by atoms with van der Waals surface area (Å²) in [5.74, 6) is -3.23. The van der Waals surface area contributed by atoms with E-state index in [1.54, 1.807) is 18.2 Å². The van der Waals surface area contributed by atoms with Crippen LogP contribution in [0.5, 0.6) is 0 Å². The molecule has 0 saturated carbocycles. The van der Waals surface area contributed by atoms with Gasteiger partial charge in [-0.15, -0.1) is 11.7 Å². The van der Waals surface area contributed by atoms with Crippen molar-refractivity contribution in [1.82, 2.24) is 15.0 Å². The van der Waals surface area contributed by atoms with Gasteiger partial charge in [-0.2, -0.15) is 13.2 Å². The van der Waals surface area contributed by atoms with E-state index < -0.39 is 47.1 Å². The normalized spacial score (nSPS) is 14.9. The third kappa shape index (κ3) is 3.60. The Hall–Kier alpha value is -3.07. The lowest BCUT2D eigenvalue weighted by Gasteiger charge is -2.33. The maximum absolute atomic E-state index is 14.1. The molecular formula is C21H18F5N3O. The van der Waals surface area contributed by atoms with Crippen LogP contribution in [0.1, 0.15) is 18.2 Å². The number of nitrogens with zero attached hydrogens (tertiary/aromatic N) is 3. The SMILES string of the molecule is C=CC(C)C(O)(c1nnn(Cc2c(F)cccc2F)c1-c1ccccc1)C(F)(F)F. The van der Waals surface area contributed by atoms with Crippen LogP contribution in [0.25, 0.3) is 11.3 Å². The molecule has 2 atom stereocenters. The molecule has 1 N–H and O–H groups in total. The van der Waals surface area contributed by atoms with Crippen molar-refractivity contribution in [2.45, 2.75) is 25.2 Å². The highest BCUT2D eigenvalue weighted by Gasteiger charge is 2.60. The van der Waals surface area contributed by atoms with Crippen LogP contribution < -0.4 is 0 Å². The fourth-order valence-corrected chi connectivity index (χ4v) is 3.17. The third-order valence-electron chi connectivity index (χ3n) is 4.96. The van der Waals surface area contributed by atoms with Crippen molar-refractivity contribution in [3.8, 4) is 11.3 Å². The summed E-state index contributed by atoms with van der Waals surface area (Å²) in [6.45, 7) is 3.97. The second kappa shape index (κ2) is 7.98. The van der Waals surface area contributed by atoms with Gasteiger partial charge in [0.05, 0.1) is 12.2 Å². The van der Waals surface area contributed by atoms with Crippen molar-refractivity contribution in [3.63, 3.8) is 0 Å². The summed E-state index contributed by atoms with van der Waals surface area (Å²) in [4.78, 5) is 0. The largest absolute Gasteiger partial charge is 0.423 e. The van der Waals surface area contributed by atoms with Crippen molar-refractivity contribution >= 4 is 0 Å². The minimum absolute atomic E-state index is 0.202. The average Bonchev–Trinajstić information content (AvgIpc) is 3.13. The molecule has 0 aliphatic heterocycles. The van der Waals surface area contributed by atoms with E-state index in [1.165, 1.54) is 18.2 Å². The molecule has 0 aliphatic rings. The number of hydrogen-bond donors (Lipinski definition) is 1. The number of halogens is 5. The smallest absolute Gasteiger partial charge is 0.375 e. The molecule has 4 nitrogen and oxygen atoms in total. The zero-order valence-corrected chi connectivity index (χ0v) is 15.9. The molecule has 9 heteroatoms. The predicted molar refractivity (Wildman–Crippen MR) is 100 cm³/mol. The van der Waals surface area contributed by atoms with Gasteiger partial charge in [0.2, 0.25) is 5.60 Å². The fraction of sp³-hybridized carbons (Fsp3) is 0.238. The molecule has 0 radical (unpaired) electrons. The Morgan fingerprint density at radius 3 is 2.20 bits per heavy atom. The maximum atomic E-state index is 14.1. The Kier molecular flexibility index (Phi) is 5.76. The molecule has 3 aromatic rings. The van der Waals surface area contributed by atoms with Crippen molar-refractivity contribution in [2.24, 2.45) is 5.92 Å². The van der Waals surface area contributed by atoms with Gasteiger partial charge >= 0.3 is 6.18 Å². The van der Waals surface area contributed by atoms with Gasteiger partial charge in [-0.3, -0.25) is 0 Å². The number of aromatic nitrogens is 3. The van der Waals surface area contributed by atoms with E-state index in [1.807, 2.05) is 0 Å². The van der Waals surface area contributed by atoms with Gasteiger partial charge in [0, 0.05) is 17.0 Å². The van der Waals surface area contributed by atoms with Crippen LogP contribution in [0.4, 0.5) is 22.0 Å². The molecule has 1 aromatic heterocycles. The third-order valence-corrected chi connectivity index (χ3v) is 4.96. The summed E-state index contributed by atoms with van der Waals surface area (Å²) in [7, 11) is 0. The highest BCUT2D eigenvalue weighted by molar-refractivity contribution is 5.63. The first-order chi connectivity index (χ1) is 14.1. The minimum Gasteiger partial charge on any atom is -0.375 e. The van der Waals surface area contributed by atoms with Crippen molar-refractivity contribution < 1.29 is 27.1 Å². The summed E-state index contributed by atoms with van der Waals surface area (Å²) in [5.41, 5.74) is -4.53. The van der Waals surface area contributed by atoms with E-state index in [0.717, 1.165) is 29.8 Å². The molecule has 0 spiro atoms. The lowest BCUT2D eigenvalue weighted by Crippen LogP contribution is -2.47. The van der Waals surface area contributed by atoms with Crippen LogP contribution in [-0.4, -0.2) is 26.3 Å². The van der Waals surface area contributed by atoms with Crippen molar-refractivity contribution in [3.05, 3.63) is 84.1 Å². The summed E-state index contributed by atoms with van der Waals surface area (Å²) in [6, 6.07) is 11.0. The Labute approximate surface area is 169 Å². The lowest BCUT2D eigenvalue weighted by molar-refractivity contribution is -0.280. The van der Waals surface area contributed by atoms with Gasteiger partial charge in [-0.25, -0.2) is 13.5 Å². The molecule has 2 unspecified atom stereocenters. The molecule has 0 aliphatic carbocycles. The second-order valence-electron chi connectivity index (χ2n) is 6.80. The fourth-order valence-electron chi connectivity index (χ4n) is 3.17. The first-order valence-corrected chi connectivity index (χ1v) is 8.95. The Morgan fingerprint density at radius 2 is 1.67 bits per heavy atom. The number of rotatable bonds is 6. The number of hydrogen-bond acceptors (Lipinski definition) is 3. The molecular weight excluding hydrogens is 405 g/mol.